The van der Waals surface area contributed by atoms with Crippen molar-refractivity contribution < 1.29 is 0 Å². The van der Waals surface area contributed by atoms with E-state index < -0.39 is 0 Å². The lowest BCUT2D eigenvalue weighted by atomic mass is 10.0. The highest BCUT2D eigenvalue weighted by Gasteiger charge is 2.04. The summed E-state index contributed by atoms with van der Waals surface area (Å²) in [7, 11) is 0. The lowest BCUT2D eigenvalue weighted by Crippen LogP contribution is -2.31. The maximum absolute atomic E-state index is 3.59. The van der Waals surface area contributed by atoms with Gasteiger partial charge in [-0.05, 0) is 49.8 Å². The number of rotatable bonds is 10. The van der Waals surface area contributed by atoms with Gasteiger partial charge in [0.15, 0.2) is 0 Å². The Kier molecular flexibility index (Phi) is 8.60. The van der Waals surface area contributed by atoms with Crippen molar-refractivity contribution in [2.45, 2.75) is 72.3 Å². The first-order valence-corrected chi connectivity index (χ1v) is 8.43. The summed E-state index contributed by atoms with van der Waals surface area (Å²) in [6, 6.07) is 9.81. The molecule has 1 aromatic rings. The fraction of sp³-hybridized carbons (Fsp3) is 0.684. The van der Waals surface area contributed by atoms with Gasteiger partial charge in [0.25, 0.3) is 0 Å². The summed E-state index contributed by atoms with van der Waals surface area (Å²) in [4.78, 5) is 0. The van der Waals surface area contributed by atoms with E-state index in [1.807, 2.05) is 0 Å². The van der Waals surface area contributed by atoms with Crippen LogP contribution in [-0.4, -0.2) is 12.6 Å². The summed E-state index contributed by atoms with van der Waals surface area (Å²) in [5.41, 5.74) is 2.94. The molecule has 0 aliphatic carbocycles. The molecule has 1 atom stereocenters. The molecule has 0 saturated heterocycles. The minimum Gasteiger partial charge on any atom is -0.314 e. The van der Waals surface area contributed by atoms with Crippen LogP contribution < -0.4 is 5.32 Å². The van der Waals surface area contributed by atoms with Crippen LogP contribution in [0.3, 0.4) is 0 Å². The molecular weight excluding hydrogens is 242 g/mol. The van der Waals surface area contributed by atoms with Gasteiger partial charge in [0, 0.05) is 6.04 Å². The van der Waals surface area contributed by atoms with E-state index in [0.29, 0.717) is 6.04 Å². The fourth-order valence-electron chi connectivity index (χ4n) is 2.46. The number of aryl methyl sites for hydroxylation is 1. The first kappa shape index (κ1) is 17.2. The van der Waals surface area contributed by atoms with E-state index >= 15 is 0 Å². The highest BCUT2D eigenvalue weighted by atomic mass is 14.9. The van der Waals surface area contributed by atoms with Gasteiger partial charge >= 0.3 is 0 Å². The molecule has 0 radical (unpaired) electrons. The maximum Gasteiger partial charge on any atom is 0.00792 e. The first-order chi connectivity index (χ1) is 9.61. The van der Waals surface area contributed by atoms with Crippen molar-refractivity contribution in [1.82, 2.24) is 5.32 Å². The minimum atomic E-state index is 0.563. The van der Waals surface area contributed by atoms with Gasteiger partial charge in [-0.3, -0.25) is 0 Å². The molecule has 1 N–H and O–H groups in total. The summed E-state index contributed by atoms with van der Waals surface area (Å²) < 4.78 is 0. The van der Waals surface area contributed by atoms with Crippen molar-refractivity contribution in [3.8, 4) is 0 Å². The fourth-order valence-corrected chi connectivity index (χ4v) is 2.46. The van der Waals surface area contributed by atoms with Crippen LogP contribution >= 0.6 is 0 Å². The Morgan fingerprint density at radius 2 is 1.55 bits per heavy atom. The van der Waals surface area contributed by atoms with Gasteiger partial charge in [-0.25, -0.2) is 0 Å². The van der Waals surface area contributed by atoms with Gasteiger partial charge in [-0.15, -0.1) is 0 Å². The molecule has 114 valence electrons. The van der Waals surface area contributed by atoms with E-state index in [1.165, 1.54) is 43.2 Å². The van der Waals surface area contributed by atoms with Gasteiger partial charge in [-0.1, -0.05) is 64.3 Å². The molecule has 0 bridgehead atoms. The summed E-state index contributed by atoms with van der Waals surface area (Å²) in [5, 5.41) is 3.59. The Morgan fingerprint density at radius 3 is 2.15 bits per heavy atom. The van der Waals surface area contributed by atoms with Crippen LogP contribution in [0.4, 0.5) is 0 Å². The van der Waals surface area contributed by atoms with E-state index in [1.54, 1.807) is 0 Å². The Balaban J connectivity index is 2.30. The van der Waals surface area contributed by atoms with Crippen molar-refractivity contribution in [1.29, 1.82) is 0 Å². The van der Waals surface area contributed by atoms with E-state index in [-0.39, 0.29) is 0 Å². The molecule has 1 nitrogen and oxygen atoms in total. The van der Waals surface area contributed by atoms with Crippen LogP contribution in [0.15, 0.2) is 24.3 Å². The van der Waals surface area contributed by atoms with Crippen LogP contribution in [0.5, 0.6) is 0 Å². The zero-order valence-corrected chi connectivity index (χ0v) is 13.9. The predicted octanol–water partition coefficient (Wildman–Crippen LogP) is 4.99. The second kappa shape index (κ2) is 9.99. The Hall–Kier alpha value is -0.820. The van der Waals surface area contributed by atoms with Gasteiger partial charge < -0.3 is 5.32 Å². The van der Waals surface area contributed by atoms with Crippen LogP contribution in [0.1, 0.15) is 64.5 Å². The Morgan fingerprint density at radius 1 is 0.900 bits per heavy atom. The third kappa shape index (κ3) is 7.69. The molecule has 0 heterocycles. The molecule has 0 aliphatic heterocycles. The van der Waals surface area contributed by atoms with Gasteiger partial charge in [0.05, 0.1) is 0 Å². The van der Waals surface area contributed by atoms with Crippen LogP contribution in [0, 0.1) is 5.92 Å². The lowest BCUT2D eigenvalue weighted by Gasteiger charge is -2.15. The number of hydrogen-bond donors (Lipinski definition) is 1. The van der Waals surface area contributed by atoms with E-state index in [2.05, 4.69) is 57.3 Å². The first-order valence-electron chi connectivity index (χ1n) is 8.43. The molecule has 0 amide bonds. The molecule has 0 saturated carbocycles. The summed E-state index contributed by atoms with van der Waals surface area (Å²) in [6.07, 6.45) is 7.76. The van der Waals surface area contributed by atoms with Crippen LogP contribution in [0.25, 0.3) is 0 Å². The monoisotopic (exact) mass is 275 g/mol. The minimum absolute atomic E-state index is 0.563. The summed E-state index contributed by atoms with van der Waals surface area (Å²) in [6.45, 7) is 10.2. The summed E-state index contributed by atoms with van der Waals surface area (Å²) in [5.74, 6) is 0.725. The molecule has 1 rings (SSSR count). The highest BCUT2D eigenvalue weighted by molar-refractivity contribution is 5.23. The van der Waals surface area contributed by atoms with Crippen LogP contribution in [-0.2, 0) is 12.8 Å². The van der Waals surface area contributed by atoms with Crippen molar-refractivity contribution in [3.05, 3.63) is 35.4 Å². The molecule has 0 aromatic heterocycles. The third-order valence-corrected chi connectivity index (χ3v) is 3.76. The third-order valence-electron chi connectivity index (χ3n) is 3.76. The number of unbranched alkanes of at least 4 members (excludes halogenated alkanes) is 3. The normalized spacial score (nSPS) is 12.8. The van der Waals surface area contributed by atoms with Crippen LogP contribution in [0.2, 0.25) is 0 Å². The second-order valence-electron chi connectivity index (χ2n) is 6.53. The average Bonchev–Trinajstić information content (AvgIpc) is 2.43. The predicted molar refractivity (Wildman–Crippen MR) is 90.3 cm³/mol. The van der Waals surface area contributed by atoms with Gasteiger partial charge in [-0.2, -0.15) is 0 Å². The zero-order chi connectivity index (χ0) is 14.8. The SMILES string of the molecule is CCCCCCc1ccc(CC(C)NCC(C)C)cc1. The topological polar surface area (TPSA) is 12.0 Å². The Labute approximate surface area is 126 Å². The molecule has 0 fully saturated rings. The van der Waals surface area contributed by atoms with Crippen molar-refractivity contribution in [2.24, 2.45) is 5.92 Å². The molecule has 1 unspecified atom stereocenters. The second-order valence-corrected chi connectivity index (χ2v) is 6.53. The quantitative estimate of drug-likeness (QED) is 0.593. The van der Waals surface area contributed by atoms with E-state index in [4.69, 9.17) is 0 Å². The molecule has 1 heteroatoms. The molecule has 0 spiro atoms. The van der Waals surface area contributed by atoms with Gasteiger partial charge in [0.2, 0.25) is 0 Å². The number of benzene rings is 1. The van der Waals surface area contributed by atoms with Crippen molar-refractivity contribution in [3.63, 3.8) is 0 Å². The highest BCUT2D eigenvalue weighted by Crippen LogP contribution is 2.11. The van der Waals surface area contributed by atoms with Crippen molar-refractivity contribution >= 4 is 0 Å². The molecule has 20 heavy (non-hydrogen) atoms. The van der Waals surface area contributed by atoms with E-state index in [9.17, 15) is 0 Å². The lowest BCUT2D eigenvalue weighted by molar-refractivity contribution is 0.482. The summed E-state index contributed by atoms with van der Waals surface area (Å²) >= 11 is 0. The van der Waals surface area contributed by atoms with Crippen molar-refractivity contribution in [2.75, 3.05) is 6.54 Å². The molecular formula is C19H33N. The van der Waals surface area contributed by atoms with Gasteiger partial charge in [0.1, 0.15) is 0 Å². The molecule has 1 aromatic carbocycles. The smallest absolute Gasteiger partial charge is 0.00792 e. The average molecular weight is 275 g/mol. The largest absolute Gasteiger partial charge is 0.314 e. The van der Waals surface area contributed by atoms with E-state index in [0.717, 1.165) is 18.9 Å². The maximum atomic E-state index is 3.59. The standard InChI is InChI=1S/C19H33N/c1-5-6-7-8-9-18-10-12-19(13-11-18)14-17(4)20-15-16(2)3/h10-13,16-17,20H,5-9,14-15H2,1-4H3. The zero-order valence-electron chi connectivity index (χ0n) is 13.9. The Bertz CT molecular complexity index is 339. The molecule has 0 aliphatic rings. The number of nitrogens with one attached hydrogen (secondary N) is 1. The number of hydrogen-bond acceptors (Lipinski definition) is 1.